The van der Waals surface area contributed by atoms with Gasteiger partial charge in [-0.2, -0.15) is 0 Å². The molecule has 0 radical (unpaired) electrons. The first-order valence-electron chi connectivity index (χ1n) is 5.93. The Labute approximate surface area is 98.8 Å². The highest BCUT2D eigenvalue weighted by molar-refractivity contribution is 5.78. The quantitative estimate of drug-likeness (QED) is 0.634. The van der Waals surface area contributed by atoms with Gasteiger partial charge in [-0.1, -0.05) is 18.6 Å². The maximum absolute atomic E-state index is 13.5. The molecule has 90 valence electrons. The Hall–Kier alpha value is -1.39. The molecule has 3 rings (SSSR count). The molecule has 17 heavy (non-hydrogen) atoms. The van der Waals surface area contributed by atoms with E-state index in [1.54, 1.807) is 6.07 Å². The van der Waals surface area contributed by atoms with Gasteiger partial charge in [0, 0.05) is 5.39 Å². The highest BCUT2D eigenvalue weighted by Gasteiger charge is 2.30. The van der Waals surface area contributed by atoms with Crippen molar-refractivity contribution in [3.05, 3.63) is 35.8 Å². The third-order valence-corrected chi connectivity index (χ3v) is 3.62. The third kappa shape index (κ3) is 1.73. The van der Waals surface area contributed by atoms with Crippen molar-refractivity contribution in [2.45, 2.75) is 25.3 Å². The molecule has 1 aliphatic carbocycles. The molecule has 4 heteroatoms. The predicted octanol–water partition coefficient (Wildman–Crippen LogP) is 2.88. The average molecular weight is 234 g/mol. The van der Waals surface area contributed by atoms with Gasteiger partial charge in [-0.25, -0.2) is 9.82 Å². The molecule has 0 bridgehead atoms. The van der Waals surface area contributed by atoms with Crippen LogP contribution in [0, 0.1) is 11.7 Å². The van der Waals surface area contributed by atoms with Gasteiger partial charge in [0.15, 0.2) is 11.4 Å². The summed E-state index contributed by atoms with van der Waals surface area (Å²) in [5.41, 5.74) is 3.11. The third-order valence-electron chi connectivity index (χ3n) is 3.62. The average Bonchev–Trinajstić information content (AvgIpc) is 2.68. The van der Waals surface area contributed by atoms with Gasteiger partial charge < -0.3 is 4.42 Å². The summed E-state index contributed by atoms with van der Waals surface area (Å²) in [5, 5.41) is 0.791. The Morgan fingerprint density at radius 2 is 2.24 bits per heavy atom. The standard InChI is InChI=1S/C13H15FN2O/c14-10-6-2-5-9-7-11(17-13(9)10)12(16-15)8-3-1-4-8/h2,5-8,12,16H,1,3-4,15H2. The smallest absolute Gasteiger partial charge is 0.169 e. The van der Waals surface area contributed by atoms with Crippen molar-refractivity contribution in [3.8, 4) is 0 Å². The molecular weight excluding hydrogens is 219 g/mol. The zero-order chi connectivity index (χ0) is 11.8. The summed E-state index contributed by atoms with van der Waals surface area (Å²) in [6.07, 6.45) is 3.53. The van der Waals surface area contributed by atoms with E-state index in [9.17, 15) is 4.39 Å². The minimum Gasteiger partial charge on any atom is -0.456 e. The molecule has 1 aromatic carbocycles. The number of benzene rings is 1. The number of nitrogens with two attached hydrogens (primary N) is 1. The summed E-state index contributed by atoms with van der Waals surface area (Å²) in [4.78, 5) is 0. The zero-order valence-corrected chi connectivity index (χ0v) is 9.45. The van der Waals surface area contributed by atoms with Gasteiger partial charge >= 0.3 is 0 Å². The normalized spacial score (nSPS) is 18.2. The molecule has 1 unspecified atom stereocenters. The van der Waals surface area contributed by atoms with Crippen LogP contribution in [0.5, 0.6) is 0 Å². The number of hydrazine groups is 1. The monoisotopic (exact) mass is 234 g/mol. The molecule has 2 aromatic rings. The molecule has 0 amide bonds. The van der Waals surface area contributed by atoms with Crippen molar-refractivity contribution in [3.63, 3.8) is 0 Å². The molecule has 0 spiro atoms. The van der Waals surface area contributed by atoms with Gasteiger partial charge in [0.05, 0.1) is 6.04 Å². The van der Waals surface area contributed by atoms with E-state index in [0.29, 0.717) is 11.5 Å². The van der Waals surface area contributed by atoms with Crippen molar-refractivity contribution >= 4 is 11.0 Å². The maximum atomic E-state index is 13.5. The Bertz CT molecular complexity index is 533. The number of nitrogens with one attached hydrogen (secondary N) is 1. The van der Waals surface area contributed by atoms with Gasteiger partial charge in [-0.05, 0) is 30.9 Å². The van der Waals surface area contributed by atoms with Crippen molar-refractivity contribution < 1.29 is 8.81 Å². The number of hydrogen-bond acceptors (Lipinski definition) is 3. The fourth-order valence-corrected chi connectivity index (χ4v) is 2.42. The molecule has 3 N–H and O–H groups in total. The van der Waals surface area contributed by atoms with Crippen LogP contribution in [0.4, 0.5) is 4.39 Å². The second kappa shape index (κ2) is 4.13. The zero-order valence-electron chi connectivity index (χ0n) is 9.45. The van der Waals surface area contributed by atoms with Crippen LogP contribution < -0.4 is 11.3 Å². The van der Waals surface area contributed by atoms with E-state index < -0.39 is 0 Å². The molecule has 0 saturated heterocycles. The summed E-state index contributed by atoms with van der Waals surface area (Å²) < 4.78 is 19.1. The Balaban J connectivity index is 2.01. The fraction of sp³-hybridized carbons (Fsp3) is 0.385. The van der Waals surface area contributed by atoms with E-state index in [1.807, 2.05) is 12.1 Å². The SMILES string of the molecule is NNC(c1cc2cccc(F)c2o1)C1CCC1. The lowest BCUT2D eigenvalue weighted by atomic mass is 9.79. The van der Waals surface area contributed by atoms with Crippen LogP contribution in [-0.4, -0.2) is 0 Å². The second-order valence-electron chi connectivity index (χ2n) is 4.64. The molecule has 0 aliphatic heterocycles. The van der Waals surface area contributed by atoms with E-state index in [0.717, 1.165) is 24.0 Å². The van der Waals surface area contributed by atoms with Gasteiger partial charge in [0.2, 0.25) is 0 Å². The van der Waals surface area contributed by atoms with Crippen molar-refractivity contribution in [2.75, 3.05) is 0 Å². The summed E-state index contributed by atoms with van der Waals surface area (Å²) in [7, 11) is 0. The Morgan fingerprint density at radius 3 is 2.82 bits per heavy atom. The van der Waals surface area contributed by atoms with Crippen LogP contribution in [0.25, 0.3) is 11.0 Å². The first kappa shape index (κ1) is 10.7. The molecule has 1 aromatic heterocycles. The molecule has 3 nitrogen and oxygen atoms in total. The van der Waals surface area contributed by atoms with Crippen LogP contribution in [0.15, 0.2) is 28.7 Å². The van der Waals surface area contributed by atoms with Gasteiger partial charge in [0.1, 0.15) is 5.76 Å². The van der Waals surface area contributed by atoms with E-state index in [1.165, 1.54) is 12.5 Å². The molecular formula is C13H15FN2O. The summed E-state index contributed by atoms with van der Waals surface area (Å²) >= 11 is 0. The van der Waals surface area contributed by atoms with Crippen LogP contribution in [-0.2, 0) is 0 Å². The number of rotatable bonds is 3. The molecule has 1 aliphatic rings. The Morgan fingerprint density at radius 1 is 1.41 bits per heavy atom. The molecule has 1 fully saturated rings. The fourth-order valence-electron chi connectivity index (χ4n) is 2.42. The number of fused-ring (bicyclic) bond motifs is 1. The molecule has 1 saturated carbocycles. The van der Waals surface area contributed by atoms with Gasteiger partial charge in [0.25, 0.3) is 0 Å². The van der Waals surface area contributed by atoms with Crippen LogP contribution in [0.3, 0.4) is 0 Å². The van der Waals surface area contributed by atoms with Crippen LogP contribution in [0.2, 0.25) is 0 Å². The molecule has 1 atom stereocenters. The first-order valence-corrected chi connectivity index (χ1v) is 5.93. The largest absolute Gasteiger partial charge is 0.456 e. The van der Waals surface area contributed by atoms with E-state index >= 15 is 0 Å². The minimum absolute atomic E-state index is 0.00412. The van der Waals surface area contributed by atoms with E-state index in [4.69, 9.17) is 10.3 Å². The van der Waals surface area contributed by atoms with E-state index in [2.05, 4.69) is 5.43 Å². The number of hydrogen-bond donors (Lipinski definition) is 2. The lowest BCUT2D eigenvalue weighted by Gasteiger charge is -2.31. The van der Waals surface area contributed by atoms with E-state index in [-0.39, 0.29) is 11.9 Å². The van der Waals surface area contributed by atoms with Crippen LogP contribution >= 0.6 is 0 Å². The number of furan rings is 1. The highest BCUT2D eigenvalue weighted by Crippen LogP contribution is 2.39. The summed E-state index contributed by atoms with van der Waals surface area (Å²) in [5.74, 6) is 6.49. The van der Waals surface area contributed by atoms with Crippen LogP contribution in [0.1, 0.15) is 31.1 Å². The topological polar surface area (TPSA) is 51.2 Å². The molecule has 1 heterocycles. The van der Waals surface area contributed by atoms with Crippen molar-refractivity contribution in [1.82, 2.24) is 5.43 Å². The maximum Gasteiger partial charge on any atom is 0.169 e. The Kier molecular flexibility index (Phi) is 2.61. The van der Waals surface area contributed by atoms with Gasteiger partial charge in [-0.15, -0.1) is 0 Å². The highest BCUT2D eigenvalue weighted by atomic mass is 19.1. The first-order chi connectivity index (χ1) is 8.29. The lowest BCUT2D eigenvalue weighted by Crippen LogP contribution is -2.36. The summed E-state index contributed by atoms with van der Waals surface area (Å²) in [6, 6.07) is 6.81. The summed E-state index contributed by atoms with van der Waals surface area (Å²) in [6.45, 7) is 0. The van der Waals surface area contributed by atoms with Crippen molar-refractivity contribution in [2.24, 2.45) is 11.8 Å². The predicted molar refractivity (Wildman–Crippen MR) is 63.6 cm³/mol. The second-order valence-corrected chi connectivity index (χ2v) is 4.64. The minimum atomic E-state index is -0.321. The van der Waals surface area contributed by atoms with Gasteiger partial charge in [-0.3, -0.25) is 5.84 Å². The number of halogens is 1. The van der Waals surface area contributed by atoms with Crippen molar-refractivity contribution in [1.29, 1.82) is 0 Å². The lowest BCUT2D eigenvalue weighted by molar-refractivity contribution is 0.211. The number of para-hydroxylation sites is 1.